The average Bonchev–Trinajstić information content (AvgIpc) is 3.04. The first-order valence-electron chi connectivity index (χ1n) is 8.69. The van der Waals surface area contributed by atoms with Gasteiger partial charge in [-0.1, -0.05) is 12.1 Å². The van der Waals surface area contributed by atoms with Crippen LogP contribution in [0.15, 0.2) is 42.7 Å². The molecule has 2 heterocycles. The molecule has 1 aliphatic heterocycles. The van der Waals surface area contributed by atoms with Crippen LogP contribution in [0.2, 0.25) is 0 Å². The number of hydrogen-bond acceptors (Lipinski definition) is 6. The summed E-state index contributed by atoms with van der Waals surface area (Å²) in [6.45, 7) is 2.36. The second-order valence-electron chi connectivity index (χ2n) is 6.76. The number of amides is 1. The Morgan fingerprint density at radius 2 is 1.96 bits per heavy atom. The highest BCUT2D eigenvalue weighted by Gasteiger charge is 2.35. The summed E-state index contributed by atoms with van der Waals surface area (Å²) in [4.78, 5) is 25.8. The minimum Gasteiger partial charge on any atom is -0.496 e. The Morgan fingerprint density at radius 3 is 2.65 bits per heavy atom. The molecule has 1 amide bonds. The van der Waals surface area contributed by atoms with Crippen molar-refractivity contribution in [2.75, 3.05) is 45.7 Å². The van der Waals surface area contributed by atoms with Gasteiger partial charge in [0.25, 0.3) is 5.91 Å². The Bertz CT molecular complexity index is 738. The van der Waals surface area contributed by atoms with Crippen molar-refractivity contribution in [3.05, 3.63) is 48.3 Å². The lowest BCUT2D eigenvalue weighted by Gasteiger charge is -2.23. The smallest absolute Gasteiger partial charge is 0.255 e. The van der Waals surface area contributed by atoms with Gasteiger partial charge in [-0.3, -0.25) is 4.79 Å². The molecule has 2 atom stereocenters. The lowest BCUT2D eigenvalue weighted by Crippen LogP contribution is -2.43. The summed E-state index contributed by atoms with van der Waals surface area (Å²) in [6.07, 6.45) is 3.48. The SMILES string of the molecule is COc1ccccc1C(=O)N[C@@H]1CN(c2ncccn2)C[C@H]1CN(C)C. The van der Waals surface area contributed by atoms with Crippen molar-refractivity contribution >= 4 is 11.9 Å². The fraction of sp³-hybridized carbons (Fsp3) is 0.421. The minimum absolute atomic E-state index is 0.0126. The first-order chi connectivity index (χ1) is 12.6. The van der Waals surface area contributed by atoms with Gasteiger partial charge in [0.15, 0.2) is 0 Å². The molecule has 138 valence electrons. The number of nitrogens with one attached hydrogen (secondary N) is 1. The molecule has 7 nitrogen and oxygen atoms in total. The number of anilines is 1. The van der Waals surface area contributed by atoms with E-state index in [4.69, 9.17) is 4.74 Å². The third-order valence-electron chi connectivity index (χ3n) is 4.54. The maximum absolute atomic E-state index is 12.8. The highest BCUT2D eigenvalue weighted by Crippen LogP contribution is 2.23. The van der Waals surface area contributed by atoms with Gasteiger partial charge in [-0.25, -0.2) is 9.97 Å². The van der Waals surface area contributed by atoms with E-state index in [1.54, 1.807) is 37.7 Å². The van der Waals surface area contributed by atoms with Crippen LogP contribution in [-0.4, -0.2) is 67.7 Å². The summed E-state index contributed by atoms with van der Waals surface area (Å²) in [6, 6.07) is 9.09. The van der Waals surface area contributed by atoms with Crippen LogP contribution in [0.25, 0.3) is 0 Å². The molecule has 3 rings (SSSR count). The van der Waals surface area contributed by atoms with Gasteiger partial charge in [0.1, 0.15) is 5.75 Å². The summed E-state index contributed by atoms with van der Waals surface area (Å²) in [5.41, 5.74) is 0.549. The standard InChI is InChI=1S/C19H25N5O2/c1-23(2)11-14-12-24(19-20-9-6-10-21-19)13-16(14)22-18(25)15-7-4-5-8-17(15)26-3/h4-10,14,16H,11-13H2,1-3H3,(H,22,25)/t14-,16-/m1/s1. The van der Waals surface area contributed by atoms with E-state index in [9.17, 15) is 4.79 Å². The number of methoxy groups -OCH3 is 1. The molecule has 1 aromatic heterocycles. The third kappa shape index (κ3) is 4.11. The van der Waals surface area contributed by atoms with E-state index in [-0.39, 0.29) is 17.9 Å². The van der Waals surface area contributed by atoms with Crippen LogP contribution in [0.4, 0.5) is 5.95 Å². The Morgan fingerprint density at radius 1 is 1.23 bits per heavy atom. The van der Waals surface area contributed by atoms with Crippen LogP contribution in [0.5, 0.6) is 5.75 Å². The van der Waals surface area contributed by atoms with Gasteiger partial charge < -0.3 is 19.9 Å². The molecule has 0 spiro atoms. The molecule has 0 unspecified atom stereocenters. The number of carbonyl (C=O) groups excluding carboxylic acids is 1. The zero-order valence-corrected chi connectivity index (χ0v) is 15.4. The molecular weight excluding hydrogens is 330 g/mol. The molecule has 26 heavy (non-hydrogen) atoms. The van der Waals surface area contributed by atoms with Gasteiger partial charge in [0, 0.05) is 37.9 Å². The quantitative estimate of drug-likeness (QED) is 0.842. The van der Waals surface area contributed by atoms with E-state index < -0.39 is 0 Å². The molecule has 1 N–H and O–H groups in total. The second-order valence-corrected chi connectivity index (χ2v) is 6.76. The molecule has 0 aliphatic carbocycles. The molecule has 0 bridgehead atoms. The van der Waals surface area contributed by atoms with Gasteiger partial charge in [0.05, 0.1) is 18.7 Å². The van der Waals surface area contributed by atoms with E-state index in [1.807, 2.05) is 26.2 Å². The predicted molar refractivity (Wildman–Crippen MR) is 101 cm³/mol. The molecule has 0 radical (unpaired) electrons. The first-order valence-corrected chi connectivity index (χ1v) is 8.69. The Balaban J connectivity index is 1.76. The van der Waals surface area contributed by atoms with Crippen LogP contribution in [0.1, 0.15) is 10.4 Å². The maximum Gasteiger partial charge on any atom is 0.255 e. The number of hydrogen-bond donors (Lipinski definition) is 1. The predicted octanol–water partition coefficient (Wildman–Crippen LogP) is 1.28. The first kappa shape index (κ1) is 18.1. The van der Waals surface area contributed by atoms with Gasteiger partial charge in [0.2, 0.25) is 5.95 Å². The number of benzene rings is 1. The van der Waals surface area contributed by atoms with E-state index >= 15 is 0 Å². The van der Waals surface area contributed by atoms with Crippen LogP contribution in [-0.2, 0) is 0 Å². The van der Waals surface area contributed by atoms with Crippen LogP contribution in [0.3, 0.4) is 0 Å². The molecular formula is C19H25N5O2. The Hall–Kier alpha value is -2.67. The normalized spacial score (nSPS) is 19.6. The van der Waals surface area contributed by atoms with E-state index in [2.05, 4.69) is 25.1 Å². The highest BCUT2D eigenvalue weighted by atomic mass is 16.5. The topological polar surface area (TPSA) is 70.6 Å². The van der Waals surface area contributed by atoms with Crippen LogP contribution < -0.4 is 15.0 Å². The van der Waals surface area contributed by atoms with Crippen molar-refractivity contribution in [2.45, 2.75) is 6.04 Å². The molecule has 0 saturated carbocycles. The molecule has 1 saturated heterocycles. The van der Waals surface area contributed by atoms with Crippen molar-refractivity contribution in [1.29, 1.82) is 0 Å². The van der Waals surface area contributed by atoms with Crippen molar-refractivity contribution in [3.8, 4) is 5.75 Å². The summed E-state index contributed by atoms with van der Waals surface area (Å²) >= 11 is 0. The number of ether oxygens (including phenoxy) is 1. The van der Waals surface area contributed by atoms with Crippen molar-refractivity contribution in [3.63, 3.8) is 0 Å². The lowest BCUT2D eigenvalue weighted by molar-refractivity contribution is 0.0925. The van der Waals surface area contributed by atoms with E-state index in [0.717, 1.165) is 13.1 Å². The monoisotopic (exact) mass is 355 g/mol. The Labute approximate surface area is 154 Å². The zero-order valence-electron chi connectivity index (χ0n) is 15.4. The average molecular weight is 355 g/mol. The van der Waals surface area contributed by atoms with E-state index in [0.29, 0.717) is 23.8 Å². The Kier molecular flexibility index (Phi) is 5.68. The van der Waals surface area contributed by atoms with Gasteiger partial charge >= 0.3 is 0 Å². The number of rotatable bonds is 6. The molecule has 7 heteroatoms. The van der Waals surface area contributed by atoms with Gasteiger partial charge in [-0.2, -0.15) is 0 Å². The maximum atomic E-state index is 12.8. The molecule has 1 aliphatic rings. The molecule has 2 aromatic rings. The van der Waals surface area contributed by atoms with Crippen LogP contribution in [0, 0.1) is 5.92 Å². The van der Waals surface area contributed by atoms with Crippen molar-refractivity contribution < 1.29 is 9.53 Å². The summed E-state index contributed by atoms with van der Waals surface area (Å²) in [5, 5.41) is 3.18. The summed E-state index contributed by atoms with van der Waals surface area (Å²) in [5.74, 6) is 1.44. The number of aromatic nitrogens is 2. The lowest BCUT2D eigenvalue weighted by atomic mass is 10.0. The zero-order chi connectivity index (χ0) is 18.5. The third-order valence-corrected chi connectivity index (χ3v) is 4.54. The number of para-hydroxylation sites is 1. The fourth-order valence-corrected chi connectivity index (χ4v) is 3.39. The molecule has 1 fully saturated rings. The highest BCUT2D eigenvalue weighted by molar-refractivity contribution is 5.97. The fourth-order valence-electron chi connectivity index (χ4n) is 3.39. The van der Waals surface area contributed by atoms with Gasteiger partial charge in [-0.15, -0.1) is 0 Å². The van der Waals surface area contributed by atoms with Crippen LogP contribution >= 0.6 is 0 Å². The second kappa shape index (κ2) is 8.14. The molecule has 1 aromatic carbocycles. The number of nitrogens with zero attached hydrogens (tertiary/aromatic N) is 4. The largest absolute Gasteiger partial charge is 0.496 e. The van der Waals surface area contributed by atoms with Crippen molar-refractivity contribution in [2.24, 2.45) is 5.92 Å². The van der Waals surface area contributed by atoms with E-state index in [1.165, 1.54) is 0 Å². The minimum atomic E-state index is -0.118. The number of carbonyl (C=O) groups is 1. The van der Waals surface area contributed by atoms with Gasteiger partial charge in [-0.05, 0) is 32.3 Å². The summed E-state index contributed by atoms with van der Waals surface area (Å²) < 4.78 is 5.31. The van der Waals surface area contributed by atoms with Crippen molar-refractivity contribution in [1.82, 2.24) is 20.2 Å². The summed E-state index contributed by atoms with van der Waals surface area (Å²) in [7, 11) is 5.66.